The zero-order chi connectivity index (χ0) is 18.8. The van der Waals surface area contributed by atoms with E-state index in [0.717, 1.165) is 41.6 Å². The number of carbonyl (C=O) groups excluding carboxylic acids is 2. The Morgan fingerprint density at radius 1 is 1.21 bits per heavy atom. The van der Waals surface area contributed by atoms with E-state index >= 15 is 0 Å². The fourth-order valence-electron chi connectivity index (χ4n) is 2.28. The van der Waals surface area contributed by atoms with Crippen molar-refractivity contribution >= 4 is 24.4 Å². The van der Waals surface area contributed by atoms with Crippen molar-refractivity contribution in [2.75, 3.05) is 47.0 Å². The molecular formula is C18H36N3O2S+. The van der Waals surface area contributed by atoms with Gasteiger partial charge < -0.3 is 14.7 Å². The van der Waals surface area contributed by atoms with E-state index in [9.17, 15) is 9.59 Å². The van der Waals surface area contributed by atoms with Crippen LogP contribution in [-0.4, -0.2) is 74.3 Å². The molecule has 2 amide bonds. The van der Waals surface area contributed by atoms with Gasteiger partial charge in [-0.15, -0.1) is 6.58 Å². The molecule has 0 aromatic rings. The lowest BCUT2D eigenvalue weighted by molar-refractivity contribution is -0.869. The molecule has 0 saturated carbocycles. The molecule has 0 rings (SSSR count). The molecule has 0 radical (unpaired) electrons. The third-order valence-corrected chi connectivity index (χ3v) is 4.15. The van der Waals surface area contributed by atoms with Crippen LogP contribution in [0, 0.1) is 0 Å². The van der Waals surface area contributed by atoms with Crippen LogP contribution in [0.25, 0.3) is 0 Å². The molecule has 0 aromatic carbocycles. The molecule has 0 aliphatic heterocycles. The van der Waals surface area contributed by atoms with Gasteiger partial charge in [0.05, 0.1) is 34.2 Å². The smallest absolute Gasteiger partial charge is 0.243 e. The second-order valence-electron chi connectivity index (χ2n) is 7.52. The van der Waals surface area contributed by atoms with Gasteiger partial charge in [0, 0.05) is 13.5 Å². The average molecular weight is 359 g/mol. The summed E-state index contributed by atoms with van der Waals surface area (Å²) in [6.45, 7) is 7.22. The zero-order valence-corrected chi connectivity index (χ0v) is 17.0. The largest absolute Gasteiger partial charge is 0.349 e. The Kier molecular flexibility index (Phi) is 11.0. The minimum Gasteiger partial charge on any atom is -0.349 e. The lowest BCUT2D eigenvalue weighted by Crippen LogP contribution is -2.50. The molecule has 24 heavy (non-hydrogen) atoms. The molecule has 6 heteroatoms. The Labute approximate surface area is 153 Å². The van der Waals surface area contributed by atoms with Crippen LogP contribution in [0.5, 0.6) is 0 Å². The van der Waals surface area contributed by atoms with E-state index in [-0.39, 0.29) is 11.8 Å². The summed E-state index contributed by atoms with van der Waals surface area (Å²) >= 11 is 4.18. The summed E-state index contributed by atoms with van der Waals surface area (Å²) in [4.78, 5) is 26.5. The standard InChI is InChI=1S/C18H35N3O2S/c1-15(2)14-16(18(23)19-11-12-21(4,5)6)20(3)17(22)10-8-7-9-13-24/h16H,1,7-14H2,2-6H3,(H-,19,23,24)/p+1. The highest BCUT2D eigenvalue weighted by molar-refractivity contribution is 7.80. The van der Waals surface area contributed by atoms with Crippen LogP contribution in [0.3, 0.4) is 0 Å². The Hall–Kier alpha value is -1.01. The summed E-state index contributed by atoms with van der Waals surface area (Å²) in [5, 5.41) is 2.96. The molecule has 5 nitrogen and oxygen atoms in total. The number of hydrogen-bond acceptors (Lipinski definition) is 3. The first kappa shape index (κ1) is 23.0. The van der Waals surface area contributed by atoms with Crippen molar-refractivity contribution in [3.8, 4) is 0 Å². The average Bonchev–Trinajstić information content (AvgIpc) is 2.46. The summed E-state index contributed by atoms with van der Waals surface area (Å²) in [5.41, 5.74) is 0.900. The van der Waals surface area contributed by atoms with Crippen molar-refractivity contribution in [2.45, 2.75) is 45.1 Å². The zero-order valence-electron chi connectivity index (χ0n) is 16.1. The van der Waals surface area contributed by atoms with E-state index < -0.39 is 6.04 Å². The molecular weight excluding hydrogens is 322 g/mol. The molecule has 0 aliphatic carbocycles. The van der Waals surface area contributed by atoms with E-state index in [0.29, 0.717) is 19.4 Å². The Morgan fingerprint density at radius 3 is 2.33 bits per heavy atom. The molecule has 0 saturated heterocycles. The van der Waals surface area contributed by atoms with Gasteiger partial charge in [-0.05, 0) is 31.9 Å². The molecule has 0 spiro atoms. The van der Waals surface area contributed by atoms with Crippen molar-refractivity contribution < 1.29 is 14.1 Å². The monoisotopic (exact) mass is 358 g/mol. The van der Waals surface area contributed by atoms with Crippen LogP contribution in [0.2, 0.25) is 0 Å². The third kappa shape index (κ3) is 10.7. The molecule has 0 bridgehead atoms. The Morgan fingerprint density at radius 2 is 1.83 bits per heavy atom. The number of rotatable bonds is 12. The number of nitrogens with one attached hydrogen (secondary N) is 1. The summed E-state index contributed by atoms with van der Waals surface area (Å²) in [6.07, 6.45) is 3.82. The van der Waals surface area contributed by atoms with E-state index in [2.05, 4.69) is 45.7 Å². The molecule has 0 aromatic heterocycles. The lowest BCUT2D eigenvalue weighted by atomic mass is 10.1. The van der Waals surface area contributed by atoms with E-state index in [1.165, 1.54) is 0 Å². The number of quaternary nitrogens is 1. The maximum absolute atomic E-state index is 12.5. The van der Waals surface area contributed by atoms with Gasteiger partial charge in [0.15, 0.2) is 0 Å². The van der Waals surface area contributed by atoms with Gasteiger partial charge in [-0.25, -0.2) is 0 Å². The van der Waals surface area contributed by atoms with Crippen LogP contribution in [-0.2, 0) is 9.59 Å². The number of thiol groups is 1. The summed E-state index contributed by atoms with van der Waals surface area (Å²) < 4.78 is 0.783. The molecule has 1 atom stereocenters. The summed E-state index contributed by atoms with van der Waals surface area (Å²) in [7, 11) is 7.96. The normalized spacial score (nSPS) is 12.6. The highest BCUT2D eigenvalue weighted by Crippen LogP contribution is 2.12. The minimum absolute atomic E-state index is 0.0159. The highest BCUT2D eigenvalue weighted by atomic mass is 32.1. The van der Waals surface area contributed by atoms with Crippen LogP contribution in [0.1, 0.15) is 39.0 Å². The van der Waals surface area contributed by atoms with E-state index in [1.54, 1.807) is 11.9 Å². The van der Waals surface area contributed by atoms with Gasteiger partial charge in [0.1, 0.15) is 6.04 Å². The molecule has 0 heterocycles. The quantitative estimate of drug-likeness (QED) is 0.243. The van der Waals surface area contributed by atoms with Gasteiger partial charge in [0.2, 0.25) is 11.8 Å². The Balaban J connectivity index is 4.63. The molecule has 140 valence electrons. The fraction of sp³-hybridized carbons (Fsp3) is 0.778. The van der Waals surface area contributed by atoms with Crippen molar-refractivity contribution in [1.82, 2.24) is 10.2 Å². The fourth-order valence-corrected chi connectivity index (χ4v) is 2.51. The van der Waals surface area contributed by atoms with Crippen LogP contribution < -0.4 is 5.32 Å². The lowest BCUT2D eigenvalue weighted by Gasteiger charge is -2.29. The minimum atomic E-state index is -0.479. The number of carbonyl (C=O) groups is 2. The number of amides is 2. The van der Waals surface area contributed by atoms with Crippen LogP contribution >= 0.6 is 12.6 Å². The van der Waals surface area contributed by atoms with E-state index in [1.807, 2.05) is 6.92 Å². The first-order chi connectivity index (χ1) is 11.1. The van der Waals surface area contributed by atoms with Crippen molar-refractivity contribution in [3.63, 3.8) is 0 Å². The molecule has 0 fully saturated rings. The second-order valence-corrected chi connectivity index (χ2v) is 7.97. The van der Waals surface area contributed by atoms with Crippen LogP contribution in [0.4, 0.5) is 0 Å². The number of hydrogen-bond donors (Lipinski definition) is 2. The SMILES string of the molecule is C=C(C)CC(C(=O)NCC[N+](C)(C)C)N(C)C(=O)CCCCCS. The first-order valence-corrected chi connectivity index (χ1v) is 9.30. The third-order valence-electron chi connectivity index (χ3n) is 3.84. The van der Waals surface area contributed by atoms with Gasteiger partial charge in [-0.3, -0.25) is 9.59 Å². The van der Waals surface area contributed by atoms with Gasteiger partial charge >= 0.3 is 0 Å². The number of likely N-dealkylation sites (N-methyl/N-ethyl adjacent to an activating group) is 2. The molecule has 1 unspecified atom stereocenters. The molecule has 0 aliphatic rings. The van der Waals surface area contributed by atoms with Gasteiger partial charge in [0.25, 0.3) is 0 Å². The van der Waals surface area contributed by atoms with Crippen LogP contribution in [0.15, 0.2) is 12.2 Å². The maximum atomic E-state index is 12.5. The van der Waals surface area contributed by atoms with Crippen molar-refractivity contribution in [1.29, 1.82) is 0 Å². The van der Waals surface area contributed by atoms with Gasteiger partial charge in [-0.2, -0.15) is 12.6 Å². The molecule has 1 N–H and O–H groups in total. The predicted octanol–water partition coefficient (Wildman–Crippen LogP) is 2.09. The highest BCUT2D eigenvalue weighted by Gasteiger charge is 2.26. The van der Waals surface area contributed by atoms with Crippen molar-refractivity contribution in [2.24, 2.45) is 0 Å². The van der Waals surface area contributed by atoms with Gasteiger partial charge in [-0.1, -0.05) is 12.0 Å². The summed E-state index contributed by atoms with van der Waals surface area (Å²) in [5.74, 6) is 0.761. The Bertz CT molecular complexity index is 419. The number of nitrogens with zero attached hydrogens (tertiary/aromatic N) is 2. The summed E-state index contributed by atoms with van der Waals surface area (Å²) in [6, 6.07) is -0.479. The maximum Gasteiger partial charge on any atom is 0.243 e. The first-order valence-electron chi connectivity index (χ1n) is 8.67. The topological polar surface area (TPSA) is 49.4 Å². The second kappa shape index (κ2) is 11.5. The predicted molar refractivity (Wildman–Crippen MR) is 104 cm³/mol. The van der Waals surface area contributed by atoms with Crippen molar-refractivity contribution in [3.05, 3.63) is 12.2 Å². The van der Waals surface area contributed by atoms with E-state index in [4.69, 9.17) is 0 Å². The number of unbranched alkanes of at least 4 members (excludes halogenated alkanes) is 2.